The second kappa shape index (κ2) is 8.57. The van der Waals surface area contributed by atoms with Gasteiger partial charge in [-0.2, -0.15) is 0 Å². The number of hydrogen-bond acceptors (Lipinski definition) is 3. The normalized spacial score (nSPS) is 11.0. The molecule has 2 rings (SSSR count). The van der Waals surface area contributed by atoms with Crippen LogP contribution in [0.1, 0.15) is 16.7 Å². The molecular weight excluding hydrogens is 260 g/mol. The lowest BCUT2D eigenvalue weighted by Gasteiger charge is -2.22. The number of rotatable bonds is 8. The first kappa shape index (κ1) is 15.7. The molecule has 0 heterocycles. The predicted octanol–water partition coefficient (Wildman–Crippen LogP) is 2.79. The highest BCUT2D eigenvalue weighted by Gasteiger charge is 2.07. The second-order valence-corrected chi connectivity index (χ2v) is 5.24. The summed E-state index contributed by atoms with van der Waals surface area (Å²) in [4.78, 5) is 2.38. The molecule has 0 amide bonds. The van der Waals surface area contributed by atoms with E-state index in [0.29, 0.717) is 13.2 Å². The summed E-state index contributed by atoms with van der Waals surface area (Å²) in [6.07, 6.45) is 0. The van der Waals surface area contributed by atoms with Crippen LogP contribution in [0.2, 0.25) is 0 Å². The summed E-state index contributed by atoms with van der Waals surface area (Å²) < 4.78 is 5.20. The van der Waals surface area contributed by atoms with Crippen LogP contribution in [-0.2, 0) is 24.4 Å². The largest absolute Gasteiger partial charge is 0.380 e. The first-order valence-electron chi connectivity index (χ1n) is 7.35. The van der Waals surface area contributed by atoms with Crippen LogP contribution in [0, 0.1) is 0 Å². The van der Waals surface area contributed by atoms with Crippen LogP contribution in [0.4, 0.5) is 0 Å². The van der Waals surface area contributed by atoms with E-state index in [-0.39, 0.29) is 0 Å². The highest BCUT2D eigenvalue weighted by molar-refractivity contribution is 5.23. The third-order valence-electron chi connectivity index (χ3n) is 3.40. The van der Waals surface area contributed by atoms with Crippen LogP contribution in [0.15, 0.2) is 54.6 Å². The van der Waals surface area contributed by atoms with Gasteiger partial charge >= 0.3 is 0 Å². The number of nitrogens with zero attached hydrogens (tertiary/aromatic N) is 1. The molecular formula is C18H24N2O. The lowest BCUT2D eigenvalue weighted by molar-refractivity contribution is 0.184. The molecule has 0 aliphatic carbocycles. The Morgan fingerprint density at radius 2 is 1.57 bits per heavy atom. The van der Waals surface area contributed by atoms with Crippen molar-refractivity contribution >= 4 is 0 Å². The molecule has 21 heavy (non-hydrogen) atoms. The molecule has 3 heteroatoms. The Hall–Kier alpha value is -1.68. The average molecular weight is 284 g/mol. The van der Waals surface area contributed by atoms with Gasteiger partial charge in [0.2, 0.25) is 0 Å². The Balaban J connectivity index is 2.03. The molecule has 0 spiro atoms. The zero-order valence-corrected chi connectivity index (χ0v) is 12.7. The second-order valence-electron chi connectivity index (χ2n) is 5.24. The van der Waals surface area contributed by atoms with E-state index < -0.39 is 0 Å². The number of nitrogens with two attached hydrogens (primary N) is 1. The Kier molecular flexibility index (Phi) is 6.41. The van der Waals surface area contributed by atoms with Crippen LogP contribution in [0.5, 0.6) is 0 Å². The summed E-state index contributed by atoms with van der Waals surface area (Å²) in [5.74, 6) is 0. The molecule has 2 aromatic rings. The minimum absolute atomic E-state index is 0.656. The fraction of sp³-hybridized carbons (Fsp3) is 0.333. The molecule has 2 N–H and O–H groups in total. The van der Waals surface area contributed by atoms with E-state index in [2.05, 4.69) is 53.4 Å². The summed E-state index contributed by atoms with van der Waals surface area (Å²) in [6.45, 7) is 4.05. The highest BCUT2D eigenvalue weighted by Crippen LogP contribution is 2.12. The number of methoxy groups -OCH3 is 1. The van der Waals surface area contributed by atoms with Gasteiger partial charge in [-0.05, 0) is 16.7 Å². The van der Waals surface area contributed by atoms with Crippen molar-refractivity contribution in [1.82, 2.24) is 4.90 Å². The third-order valence-corrected chi connectivity index (χ3v) is 3.40. The zero-order chi connectivity index (χ0) is 14.9. The maximum atomic E-state index is 5.75. The summed E-state index contributed by atoms with van der Waals surface area (Å²) in [6, 6.07) is 19.1. The van der Waals surface area contributed by atoms with Gasteiger partial charge in [-0.3, -0.25) is 4.90 Å². The van der Waals surface area contributed by atoms with Crippen molar-refractivity contribution in [2.75, 3.05) is 20.2 Å². The fourth-order valence-electron chi connectivity index (χ4n) is 2.48. The molecule has 0 saturated carbocycles. The Morgan fingerprint density at radius 1 is 0.905 bits per heavy atom. The molecule has 0 atom stereocenters. The van der Waals surface area contributed by atoms with E-state index in [1.54, 1.807) is 7.11 Å². The molecule has 3 nitrogen and oxygen atoms in total. The average Bonchev–Trinajstić information content (AvgIpc) is 2.49. The molecule has 0 aliphatic heterocycles. The standard InChI is InChI=1S/C18H24N2O/c1-21-15-18-9-5-8-17(12-18)14-20(11-10-19)13-16-6-3-2-4-7-16/h2-9,12H,10-11,13-15,19H2,1H3. The van der Waals surface area contributed by atoms with Crippen molar-refractivity contribution in [2.24, 2.45) is 5.73 Å². The van der Waals surface area contributed by atoms with Crippen LogP contribution in [-0.4, -0.2) is 25.1 Å². The van der Waals surface area contributed by atoms with E-state index in [9.17, 15) is 0 Å². The summed E-state index contributed by atoms with van der Waals surface area (Å²) >= 11 is 0. The van der Waals surface area contributed by atoms with Crippen LogP contribution in [0.25, 0.3) is 0 Å². The number of ether oxygens (including phenoxy) is 1. The Bertz CT molecular complexity index is 528. The molecule has 0 saturated heterocycles. The van der Waals surface area contributed by atoms with Gasteiger partial charge in [0, 0.05) is 33.3 Å². The molecule has 112 valence electrons. The minimum Gasteiger partial charge on any atom is -0.380 e. The maximum absolute atomic E-state index is 5.75. The van der Waals surface area contributed by atoms with E-state index in [1.165, 1.54) is 16.7 Å². The molecule has 0 radical (unpaired) electrons. The molecule has 2 aromatic carbocycles. The van der Waals surface area contributed by atoms with Gasteiger partial charge in [-0.25, -0.2) is 0 Å². The smallest absolute Gasteiger partial charge is 0.0713 e. The lowest BCUT2D eigenvalue weighted by Crippen LogP contribution is -2.28. The minimum atomic E-state index is 0.656. The summed E-state index contributed by atoms with van der Waals surface area (Å²) in [5.41, 5.74) is 9.58. The molecule has 0 aliphatic rings. The van der Waals surface area contributed by atoms with Gasteiger partial charge in [0.15, 0.2) is 0 Å². The van der Waals surface area contributed by atoms with E-state index >= 15 is 0 Å². The van der Waals surface area contributed by atoms with Gasteiger partial charge < -0.3 is 10.5 Å². The van der Waals surface area contributed by atoms with Crippen molar-refractivity contribution in [1.29, 1.82) is 0 Å². The van der Waals surface area contributed by atoms with E-state index in [4.69, 9.17) is 10.5 Å². The monoisotopic (exact) mass is 284 g/mol. The van der Waals surface area contributed by atoms with E-state index in [1.807, 2.05) is 6.07 Å². The SMILES string of the molecule is COCc1cccc(CN(CCN)Cc2ccccc2)c1. The molecule has 0 aromatic heterocycles. The van der Waals surface area contributed by atoms with Crippen LogP contribution in [0.3, 0.4) is 0 Å². The van der Waals surface area contributed by atoms with Crippen molar-refractivity contribution in [3.63, 3.8) is 0 Å². The van der Waals surface area contributed by atoms with Crippen molar-refractivity contribution in [2.45, 2.75) is 19.7 Å². The molecule has 0 fully saturated rings. The third kappa shape index (κ3) is 5.31. The van der Waals surface area contributed by atoms with Gasteiger partial charge in [0.05, 0.1) is 6.61 Å². The fourth-order valence-corrected chi connectivity index (χ4v) is 2.48. The number of hydrogen-bond donors (Lipinski definition) is 1. The first-order chi connectivity index (χ1) is 10.3. The van der Waals surface area contributed by atoms with Gasteiger partial charge in [0.25, 0.3) is 0 Å². The van der Waals surface area contributed by atoms with Gasteiger partial charge in [-0.1, -0.05) is 54.6 Å². The Morgan fingerprint density at radius 3 is 2.29 bits per heavy atom. The summed E-state index contributed by atoms with van der Waals surface area (Å²) in [5, 5.41) is 0. The first-order valence-corrected chi connectivity index (χ1v) is 7.35. The van der Waals surface area contributed by atoms with Crippen molar-refractivity contribution in [3.05, 3.63) is 71.3 Å². The topological polar surface area (TPSA) is 38.5 Å². The lowest BCUT2D eigenvalue weighted by atomic mass is 10.1. The zero-order valence-electron chi connectivity index (χ0n) is 12.7. The van der Waals surface area contributed by atoms with Crippen LogP contribution < -0.4 is 5.73 Å². The Labute approximate surface area is 127 Å². The van der Waals surface area contributed by atoms with Gasteiger partial charge in [0.1, 0.15) is 0 Å². The quantitative estimate of drug-likeness (QED) is 0.810. The highest BCUT2D eigenvalue weighted by atomic mass is 16.5. The van der Waals surface area contributed by atoms with E-state index in [0.717, 1.165) is 19.6 Å². The predicted molar refractivity (Wildman–Crippen MR) is 86.8 cm³/mol. The van der Waals surface area contributed by atoms with Crippen LogP contribution >= 0.6 is 0 Å². The molecule has 0 unspecified atom stereocenters. The van der Waals surface area contributed by atoms with Crippen molar-refractivity contribution < 1.29 is 4.74 Å². The molecule has 0 bridgehead atoms. The summed E-state index contributed by atoms with van der Waals surface area (Å²) in [7, 11) is 1.73. The number of benzene rings is 2. The maximum Gasteiger partial charge on any atom is 0.0713 e. The van der Waals surface area contributed by atoms with Gasteiger partial charge in [-0.15, -0.1) is 0 Å². The van der Waals surface area contributed by atoms with Crippen molar-refractivity contribution in [3.8, 4) is 0 Å².